The molecule has 0 saturated heterocycles. The molecule has 0 spiro atoms. The van der Waals surface area contributed by atoms with Crippen LogP contribution in [-0.2, 0) is 12.6 Å². The molecule has 114 valence electrons. The van der Waals surface area contributed by atoms with Crippen molar-refractivity contribution in [1.82, 2.24) is 0 Å². The Morgan fingerprint density at radius 2 is 2.00 bits per heavy atom. The molecule has 1 unspecified atom stereocenters. The van der Waals surface area contributed by atoms with Gasteiger partial charge in [-0.05, 0) is 55.9 Å². The number of nitrogens with two attached hydrogens (primary N) is 1. The molecule has 2 nitrogen and oxygen atoms in total. The van der Waals surface area contributed by atoms with E-state index in [-0.39, 0.29) is 18.4 Å². The SMILES string of the molecule is CC(N)Cc1cc(C(F)(F)F)ccc1OCC1CC1.Cl. The number of hydrogen-bond donors (Lipinski definition) is 1. The molecule has 1 saturated carbocycles. The topological polar surface area (TPSA) is 35.2 Å². The largest absolute Gasteiger partial charge is 0.493 e. The van der Waals surface area contributed by atoms with Gasteiger partial charge in [-0.3, -0.25) is 0 Å². The van der Waals surface area contributed by atoms with Crippen molar-refractivity contribution in [3.05, 3.63) is 29.3 Å². The van der Waals surface area contributed by atoms with Crippen molar-refractivity contribution in [2.45, 2.75) is 38.4 Å². The van der Waals surface area contributed by atoms with Crippen LogP contribution in [0.1, 0.15) is 30.9 Å². The normalized spacial score (nSPS) is 16.4. The summed E-state index contributed by atoms with van der Waals surface area (Å²) in [6.45, 7) is 2.35. The number of alkyl halides is 3. The summed E-state index contributed by atoms with van der Waals surface area (Å²) in [5.74, 6) is 1.09. The highest BCUT2D eigenvalue weighted by Crippen LogP contribution is 2.34. The summed E-state index contributed by atoms with van der Waals surface area (Å²) >= 11 is 0. The van der Waals surface area contributed by atoms with Crippen LogP contribution >= 0.6 is 12.4 Å². The molecule has 20 heavy (non-hydrogen) atoms. The van der Waals surface area contributed by atoms with E-state index < -0.39 is 11.7 Å². The van der Waals surface area contributed by atoms with E-state index in [0.717, 1.165) is 25.0 Å². The molecule has 1 aromatic carbocycles. The molecular weight excluding hydrogens is 291 g/mol. The second-order valence-corrected chi connectivity index (χ2v) is 5.26. The second kappa shape index (κ2) is 6.68. The second-order valence-electron chi connectivity index (χ2n) is 5.26. The molecule has 2 N–H and O–H groups in total. The molecule has 1 atom stereocenters. The Kier molecular flexibility index (Phi) is 5.71. The summed E-state index contributed by atoms with van der Waals surface area (Å²) in [4.78, 5) is 0. The molecule has 1 aliphatic carbocycles. The Labute approximate surface area is 122 Å². The molecule has 0 amide bonds. The van der Waals surface area contributed by atoms with Crippen LogP contribution in [0.15, 0.2) is 18.2 Å². The van der Waals surface area contributed by atoms with Crippen LogP contribution in [0.25, 0.3) is 0 Å². The van der Waals surface area contributed by atoms with Crippen molar-refractivity contribution in [3.63, 3.8) is 0 Å². The molecule has 0 aliphatic heterocycles. The highest BCUT2D eigenvalue weighted by atomic mass is 35.5. The maximum atomic E-state index is 12.7. The van der Waals surface area contributed by atoms with Gasteiger partial charge in [-0.25, -0.2) is 0 Å². The molecular formula is C14H19ClF3NO. The minimum atomic E-state index is -4.33. The van der Waals surface area contributed by atoms with Gasteiger partial charge in [0.25, 0.3) is 0 Å². The lowest BCUT2D eigenvalue weighted by molar-refractivity contribution is -0.137. The van der Waals surface area contributed by atoms with E-state index in [1.54, 1.807) is 6.92 Å². The van der Waals surface area contributed by atoms with Gasteiger partial charge in [-0.15, -0.1) is 12.4 Å². The summed E-state index contributed by atoms with van der Waals surface area (Å²) in [7, 11) is 0. The zero-order chi connectivity index (χ0) is 14.0. The van der Waals surface area contributed by atoms with Gasteiger partial charge in [0, 0.05) is 6.04 Å². The van der Waals surface area contributed by atoms with Crippen molar-refractivity contribution < 1.29 is 17.9 Å². The molecule has 0 aromatic heterocycles. The molecule has 6 heteroatoms. The van der Waals surface area contributed by atoms with E-state index in [9.17, 15) is 13.2 Å². The Balaban J connectivity index is 0.00000200. The van der Waals surface area contributed by atoms with Gasteiger partial charge in [-0.1, -0.05) is 0 Å². The summed E-state index contributed by atoms with van der Waals surface area (Å²) in [5, 5.41) is 0. The van der Waals surface area contributed by atoms with Gasteiger partial charge < -0.3 is 10.5 Å². The lowest BCUT2D eigenvalue weighted by atomic mass is 10.0. The Morgan fingerprint density at radius 3 is 2.50 bits per heavy atom. The fourth-order valence-corrected chi connectivity index (χ4v) is 1.90. The summed E-state index contributed by atoms with van der Waals surface area (Å²) in [5.41, 5.74) is 5.57. The highest BCUT2D eigenvalue weighted by molar-refractivity contribution is 5.85. The fraction of sp³-hybridized carbons (Fsp3) is 0.571. The van der Waals surface area contributed by atoms with Gasteiger partial charge in [0.05, 0.1) is 12.2 Å². The van der Waals surface area contributed by atoms with Crippen LogP contribution in [-0.4, -0.2) is 12.6 Å². The van der Waals surface area contributed by atoms with Crippen molar-refractivity contribution in [3.8, 4) is 5.75 Å². The van der Waals surface area contributed by atoms with Crippen LogP contribution in [0.4, 0.5) is 13.2 Å². The summed E-state index contributed by atoms with van der Waals surface area (Å²) in [6.07, 6.45) is -1.67. The van der Waals surface area contributed by atoms with E-state index in [1.165, 1.54) is 6.07 Å². The van der Waals surface area contributed by atoms with E-state index in [2.05, 4.69) is 0 Å². The molecule has 1 aliphatic rings. The molecule has 1 fully saturated rings. The number of hydrogen-bond acceptors (Lipinski definition) is 2. The minimum Gasteiger partial charge on any atom is -0.493 e. The maximum Gasteiger partial charge on any atom is 0.416 e. The maximum absolute atomic E-state index is 12.7. The van der Waals surface area contributed by atoms with E-state index in [0.29, 0.717) is 30.3 Å². The van der Waals surface area contributed by atoms with Crippen LogP contribution in [0.3, 0.4) is 0 Å². The standard InChI is InChI=1S/C14H18F3NO.ClH/c1-9(18)6-11-7-12(14(15,16)17)4-5-13(11)19-8-10-2-3-10;/h4-5,7,9-10H,2-3,6,8,18H2,1H3;1H. The first kappa shape index (κ1) is 17.1. The van der Waals surface area contributed by atoms with Crippen LogP contribution in [0, 0.1) is 5.92 Å². The Hall–Kier alpha value is -0.940. The third-order valence-electron chi connectivity index (χ3n) is 3.10. The van der Waals surface area contributed by atoms with E-state index in [1.807, 2.05) is 0 Å². The first-order valence-corrected chi connectivity index (χ1v) is 6.45. The minimum absolute atomic E-state index is 0. The average molecular weight is 310 g/mol. The van der Waals surface area contributed by atoms with Crippen molar-refractivity contribution in [2.75, 3.05) is 6.61 Å². The first-order valence-electron chi connectivity index (χ1n) is 6.45. The number of halogens is 4. The van der Waals surface area contributed by atoms with E-state index in [4.69, 9.17) is 10.5 Å². The average Bonchev–Trinajstić information content (AvgIpc) is 3.09. The fourth-order valence-electron chi connectivity index (χ4n) is 1.90. The molecule has 0 bridgehead atoms. The van der Waals surface area contributed by atoms with Crippen LogP contribution in [0.5, 0.6) is 5.75 Å². The highest BCUT2D eigenvalue weighted by Gasteiger charge is 2.31. The van der Waals surface area contributed by atoms with Crippen LogP contribution in [0.2, 0.25) is 0 Å². The van der Waals surface area contributed by atoms with Gasteiger partial charge in [0.2, 0.25) is 0 Å². The monoisotopic (exact) mass is 309 g/mol. The summed E-state index contributed by atoms with van der Waals surface area (Å²) < 4.78 is 43.7. The van der Waals surface area contributed by atoms with Gasteiger partial charge in [0.15, 0.2) is 0 Å². The first-order chi connectivity index (χ1) is 8.86. The van der Waals surface area contributed by atoms with Crippen molar-refractivity contribution >= 4 is 12.4 Å². The predicted octanol–water partition coefficient (Wildman–Crippen LogP) is 3.81. The predicted molar refractivity (Wildman–Crippen MR) is 74.3 cm³/mol. The number of ether oxygens (including phenoxy) is 1. The van der Waals surface area contributed by atoms with E-state index >= 15 is 0 Å². The van der Waals surface area contributed by atoms with Gasteiger partial charge in [0.1, 0.15) is 5.75 Å². The Morgan fingerprint density at radius 1 is 1.35 bits per heavy atom. The number of benzene rings is 1. The van der Waals surface area contributed by atoms with Crippen molar-refractivity contribution in [2.24, 2.45) is 11.7 Å². The number of rotatable bonds is 5. The zero-order valence-corrected chi connectivity index (χ0v) is 12.1. The van der Waals surface area contributed by atoms with Gasteiger partial charge >= 0.3 is 6.18 Å². The Bertz CT molecular complexity index is 445. The lowest BCUT2D eigenvalue weighted by Crippen LogP contribution is -2.19. The molecule has 2 rings (SSSR count). The smallest absolute Gasteiger partial charge is 0.416 e. The third-order valence-corrected chi connectivity index (χ3v) is 3.10. The molecule has 0 heterocycles. The van der Waals surface area contributed by atoms with Crippen molar-refractivity contribution in [1.29, 1.82) is 0 Å². The molecule has 0 radical (unpaired) electrons. The quantitative estimate of drug-likeness (QED) is 0.897. The van der Waals surface area contributed by atoms with Crippen LogP contribution < -0.4 is 10.5 Å². The summed E-state index contributed by atoms with van der Waals surface area (Å²) in [6, 6.07) is 3.41. The van der Waals surface area contributed by atoms with Gasteiger partial charge in [-0.2, -0.15) is 13.2 Å². The lowest BCUT2D eigenvalue weighted by Gasteiger charge is -2.15. The third kappa shape index (κ3) is 4.87. The molecule has 1 aromatic rings. The zero-order valence-electron chi connectivity index (χ0n) is 11.2.